The second-order valence-corrected chi connectivity index (χ2v) is 20.1. The van der Waals surface area contributed by atoms with Gasteiger partial charge in [-0.15, -0.1) is 0 Å². The summed E-state index contributed by atoms with van der Waals surface area (Å²) in [6, 6.07) is 0. The lowest BCUT2D eigenvalue weighted by molar-refractivity contribution is -0.263. The van der Waals surface area contributed by atoms with Gasteiger partial charge in [0, 0.05) is 6.42 Å². The number of hydrogen-bond donors (Lipinski definition) is 2. The third kappa shape index (κ3) is 8.14. The Hall–Kier alpha value is -3.04. The van der Waals surface area contributed by atoms with Crippen LogP contribution in [0.1, 0.15) is 163 Å². The SMILES string of the molecule is CCCCC/C=C/C(CC(CCCCCCCC(=O)O)C1CC(=O)OC1=O)CC1C(C(C)C)C2CC3C4(C)CCCC(C)(C(=O)O)C4CCC13C1C(=O)OC(=O)C21. The molecule has 5 aliphatic carbocycles. The molecule has 2 aliphatic heterocycles. The molecule has 7 rings (SSSR count). The van der Waals surface area contributed by atoms with E-state index >= 15 is 0 Å². The van der Waals surface area contributed by atoms with Crippen molar-refractivity contribution in [3.63, 3.8) is 0 Å². The molecule has 5 saturated carbocycles. The zero-order chi connectivity index (χ0) is 41.3. The highest BCUT2D eigenvalue weighted by molar-refractivity contribution is 5.98. The number of aliphatic carboxylic acids is 2. The van der Waals surface area contributed by atoms with E-state index in [0.29, 0.717) is 32.1 Å². The van der Waals surface area contributed by atoms with Crippen molar-refractivity contribution in [1.29, 1.82) is 0 Å². The van der Waals surface area contributed by atoms with Gasteiger partial charge in [0.15, 0.2) is 0 Å². The lowest BCUT2D eigenvalue weighted by Crippen LogP contribution is -2.71. The quantitative estimate of drug-likeness (QED) is 0.0526. The van der Waals surface area contributed by atoms with E-state index in [-0.39, 0.29) is 77.5 Å². The van der Waals surface area contributed by atoms with Gasteiger partial charge in [-0.05, 0) is 136 Å². The van der Waals surface area contributed by atoms with Crippen molar-refractivity contribution in [3.05, 3.63) is 12.2 Å². The van der Waals surface area contributed by atoms with Crippen LogP contribution in [0.5, 0.6) is 0 Å². The minimum absolute atomic E-state index is 0.0235. The van der Waals surface area contributed by atoms with Crippen molar-refractivity contribution in [1.82, 2.24) is 0 Å². The van der Waals surface area contributed by atoms with E-state index in [1.54, 1.807) is 0 Å². The number of esters is 4. The number of carbonyl (C=O) groups is 6. The summed E-state index contributed by atoms with van der Waals surface area (Å²) in [6.07, 6.45) is 20.2. The fourth-order valence-corrected chi connectivity index (χ4v) is 14.6. The molecule has 10 heteroatoms. The fraction of sp³-hybridized carbons (Fsp3) is 0.830. The van der Waals surface area contributed by atoms with Gasteiger partial charge in [0.2, 0.25) is 0 Å². The number of carboxylic acids is 2. The van der Waals surface area contributed by atoms with E-state index < -0.39 is 52.5 Å². The van der Waals surface area contributed by atoms with Crippen LogP contribution in [-0.2, 0) is 38.2 Å². The molecule has 10 nitrogen and oxygen atoms in total. The number of hydrogen-bond acceptors (Lipinski definition) is 8. The number of rotatable bonds is 20. The van der Waals surface area contributed by atoms with Crippen LogP contribution in [0.15, 0.2) is 12.2 Å². The molecule has 57 heavy (non-hydrogen) atoms. The van der Waals surface area contributed by atoms with Gasteiger partial charge in [-0.2, -0.15) is 0 Å². The van der Waals surface area contributed by atoms with E-state index in [4.69, 9.17) is 14.6 Å². The molecule has 0 aromatic carbocycles. The molecule has 1 spiro atoms. The van der Waals surface area contributed by atoms with Crippen LogP contribution in [0.3, 0.4) is 0 Å². The predicted octanol–water partition coefficient (Wildman–Crippen LogP) is 9.57. The van der Waals surface area contributed by atoms with E-state index in [9.17, 15) is 33.9 Å². The van der Waals surface area contributed by atoms with Gasteiger partial charge in [0.1, 0.15) is 0 Å². The Morgan fingerprint density at radius 3 is 2.28 bits per heavy atom. The molecule has 0 amide bonds. The lowest BCUT2D eigenvalue weighted by Gasteiger charge is -2.73. The minimum Gasteiger partial charge on any atom is -0.481 e. The molecular formula is C47H70O10. The van der Waals surface area contributed by atoms with Crippen LogP contribution in [-0.4, -0.2) is 46.0 Å². The first-order valence-corrected chi connectivity index (χ1v) is 22.7. The van der Waals surface area contributed by atoms with Crippen LogP contribution in [0, 0.1) is 81.3 Å². The van der Waals surface area contributed by atoms with E-state index in [0.717, 1.165) is 83.5 Å². The average molecular weight is 795 g/mol. The van der Waals surface area contributed by atoms with Crippen LogP contribution in [0.25, 0.3) is 0 Å². The zero-order valence-electron chi connectivity index (χ0n) is 35.3. The summed E-state index contributed by atoms with van der Waals surface area (Å²) >= 11 is 0. The lowest BCUT2D eigenvalue weighted by atomic mass is 9.29. The second kappa shape index (κ2) is 17.7. The maximum absolute atomic E-state index is 14.1. The largest absolute Gasteiger partial charge is 0.481 e. The Morgan fingerprint density at radius 1 is 0.877 bits per heavy atom. The van der Waals surface area contributed by atoms with Crippen molar-refractivity contribution >= 4 is 35.8 Å². The fourth-order valence-electron chi connectivity index (χ4n) is 14.6. The Balaban J connectivity index is 1.36. The smallest absolute Gasteiger partial charge is 0.318 e. The summed E-state index contributed by atoms with van der Waals surface area (Å²) in [5, 5.41) is 19.7. The number of ether oxygens (including phenoxy) is 2. The maximum atomic E-state index is 14.1. The zero-order valence-corrected chi connectivity index (χ0v) is 35.3. The third-order valence-corrected chi connectivity index (χ3v) is 16.8. The van der Waals surface area contributed by atoms with Crippen LogP contribution in [0.2, 0.25) is 0 Å². The Kier molecular flexibility index (Phi) is 13.5. The molecule has 2 N–H and O–H groups in total. The molecule has 0 aromatic rings. The van der Waals surface area contributed by atoms with E-state index in [1.807, 2.05) is 6.92 Å². The van der Waals surface area contributed by atoms with E-state index in [2.05, 4.69) is 39.8 Å². The Labute approximate surface area is 340 Å². The minimum atomic E-state index is -0.843. The van der Waals surface area contributed by atoms with Crippen LogP contribution in [0.4, 0.5) is 0 Å². The summed E-state index contributed by atoms with van der Waals surface area (Å²) < 4.78 is 10.8. The van der Waals surface area contributed by atoms with Gasteiger partial charge >= 0.3 is 35.8 Å². The number of carboxylic acid groups (broad SMARTS) is 2. The van der Waals surface area contributed by atoms with Crippen LogP contribution >= 0.6 is 0 Å². The molecule has 2 bridgehead atoms. The van der Waals surface area contributed by atoms with Crippen molar-refractivity contribution in [3.8, 4) is 0 Å². The number of cyclic esters (lactones) is 4. The monoisotopic (exact) mass is 794 g/mol. The van der Waals surface area contributed by atoms with Crippen molar-refractivity contribution in [2.75, 3.05) is 0 Å². The number of allylic oxidation sites excluding steroid dienone is 2. The molecule has 318 valence electrons. The molecule has 0 aromatic heterocycles. The molecule has 2 heterocycles. The number of carbonyl (C=O) groups excluding carboxylic acids is 4. The summed E-state index contributed by atoms with van der Waals surface area (Å²) in [5.41, 5.74) is -1.66. The molecule has 7 aliphatic rings. The first-order chi connectivity index (χ1) is 27.1. The molecule has 0 radical (unpaired) electrons. The normalized spacial score (nSPS) is 38.1. The number of fused-ring (bicyclic) bond motifs is 2. The second-order valence-electron chi connectivity index (χ2n) is 20.1. The third-order valence-electron chi connectivity index (χ3n) is 16.8. The Bertz CT molecular complexity index is 1570. The molecule has 7 fully saturated rings. The van der Waals surface area contributed by atoms with Gasteiger partial charge in [-0.25, -0.2) is 0 Å². The molecule has 13 atom stereocenters. The summed E-state index contributed by atoms with van der Waals surface area (Å²) in [6.45, 7) is 11.0. The van der Waals surface area contributed by atoms with Gasteiger partial charge in [0.25, 0.3) is 0 Å². The maximum Gasteiger partial charge on any atom is 0.318 e. The van der Waals surface area contributed by atoms with Gasteiger partial charge in [-0.3, -0.25) is 28.8 Å². The first-order valence-electron chi connectivity index (χ1n) is 22.7. The summed E-state index contributed by atoms with van der Waals surface area (Å²) in [4.78, 5) is 77.6. The summed E-state index contributed by atoms with van der Waals surface area (Å²) in [5.74, 6) is -4.15. The standard InChI is InChI=1S/C47H70O10/c1-6-7-8-10-13-17-29(24-30(31-27-37(50)56-41(31)51)18-14-11-9-12-15-19-36(48)49)25-33-38(28(2)3)32-26-35-45(4)21-16-22-46(5,44(54)55)34(45)20-23-47(33,35)40-39(32)42(52)57-43(40)53/h13,17,28-35,38-40H,6-12,14-16,18-27H2,1-5H3,(H,48,49)(H,54,55)/b17-13+. The highest BCUT2D eigenvalue weighted by Gasteiger charge is 2.77. The van der Waals surface area contributed by atoms with Crippen molar-refractivity contribution in [2.45, 2.75) is 163 Å². The highest BCUT2D eigenvalue weighted by atomic mass is 16.6. The topological polar surface area (TPSA) is 161 Å². The Morgan fingerprint density at radius 2 is 1.61 bits per heavy atom. The van der Waals surface area contributed by atoms with Gasteiger partial charge < -0.3 is 19.7 Å². The number of unbranched alkanes of at least 4 members (excludes halogenated alkanes) is 7. The predicted molar refractivity (Wildman–Crippen MR) is 213 cm³/mol. The van der Waals surface area contributed by atoms with E-state index in [1.165, 1.54) is 0 Å². The van der Waals surface area contributed by atoms with Crippen LogP contribution < -0.4 is 0 Å². The van der Waals surface area contributed by atoms with Crippen molar-refractivity contribution in [2.24, 2.45) is 81.3 Å². The highest BCUT2D eigenvalue weighted by Crippen LogP contribution is 2.78. The molecule has 2 saturated heterocycles. The van der Waals surface area contributed by atoms with Gasteiger partial charge in [0.05, 0.1) is 29.6 Å². The first kappa shape index (κ1) is 43.5. The van der Waals surface area contributed by atoms with Gasteiger partial charge in [-0.1, -0.05) is 84.8 Å². The van der Waals surface area contributed by atoms with Crippen molar-refractivity contribution < 1.29 is 48.5 Å². The molecule has 13 unspecified atom stereocenters. The molecular weight excluding hydrogens is 725 g/mol. The average Bonchev–Trinajstić information content (AvgIpc) is 3.66. The summed E-state index contributed by atoms with van der Waals surface area (Å²) in [7, 11) is 0.